The van der Waals surface area contributed by atoms with Crippen LogP contribution in [0.15, 0.2) is 0 Å². The van der Waals surface area contributed by atoms with Crippen molar-refractivity contribution >= 4 is 11.8 Å². The van der Waals surface area contributed by atoms with Crippen LogP contribution in [-0.2, 0) is 4.74 Å². The Bertz CT molecular complexity index is 144. The molecule has 3 heteroatoms. The zero-order valence-corrected chi connectivity index (χ0v) is 9.53. The summed E-state index contributed by atoms with van der Waals surface area (Å²) in [7, 11) is 0. The predicted molar refractivity (Wildman–Crippen MR) is 59.2 cm³/mol. The van der Waals surface area contributed by atoms with Crippen molar-refractivity contribution in [1.82, 2.24) is 0 Å². The van der Waals surface area contributed by atoms with E-state index in [4.69, 9.17) is 10.5 Å². The van der Waals surface area contributed by atoms with E-state index in [-0.39, 0.29) is 0 Å². The molecule has 1 heterocycles. The molecule has 0 amide bonds. The van der Waals surface area contributed by atoms with Gasteiger partial charge in [0.2, 0.25) is 0 Å². The van der Waals surface area contributed by atoms with Crippen LogP contribution >= 0.6 is 11.8 Å². The molecule has 13 heavy (non-hydrogen) atoms. The van der Waals surface area contributed by atoms with Gasteiger partial charge in [-0.25, -0.2) is 0 Å². The van der Waals surface area contributed by atoms with E-state index in [1.54, 1.807) is 0 Å². The van der Waals surface area contributed by atoms with Gasteiger partial charge in [0.05, 0.1) is 6.10 Å². The number of ether oxygens (including phenoxy) is 1. The van der Waals surface area contributed by atoms with Gasteiger partial charge in [-0.05, 0) is 38.9 Å². The van der Waals surface area contributed by atoms with Crippen LogP contribution in [-0.4, -0.2) is 29.8 Å². The Balaban J connectivity index is 2.23. The Morgan fingerprint density at radius 2 is 2.31 bits per heavy atom. The van der Waals surface area contributed by atoms with Crippen LogP contribution in [0.1, 0.15) is 33.1 Å². The topological polar surface area (TPSA) is 35.2 Å². The first-order chi connectivity index (χ1) is 6.18. The summed E-state index contributed by atoms with van der Waals surface area (Å²) in [5.74, 6) is 1.28. The van der Waals surface area contributed by atoms with Gasteiger partial charge in [-0.3, -0.25) is 0 Å². The smallest absolute Gasteiger partial charge is 0.0518 e. The first-order valence-electron chi connectivity index (χ1n) is 5.14. The van der Waals surface area contributed by atoms with Gasteiger partial charge in [-0.2, -0.15) is 11.8 Å². The summed E-state index contributed by atoms with van der Waals surface area (Å²) in [6, 6.07) is 0. The highest BCUT2D eigenvalue weighted by atomic mass is 32.2. The lowest BCUT2D eigenvalue weighted by Crippen LogP contribution is -2.33. The molecule has 1 unspecified atom stereocenters. The fourth-order valence-corrected chi connectivity index (χ4v) is 3.05. The molecule has 1 fully saturated rings. The predicted octanol–water partition coefficient (Wildman–Crippen LogP) is 2.03. The highest BCUT2D eigenvalue weighted by molar-refractivity contribution is 8.00. The summed E-state index contributed by atoms with van der Waals surface area (Å²) in [6.07, 6.45) is 4.06. The van der Waals surface area contributed by atoms with Crippen LogP contribution < -0.4 is 5.73 Å². The Hall–Kier alpha value is 0.270. The number of rotatable bonds is 5. The monoisotopic (exact) mass is 203 g/mol. The maximum atomic E-state index is 5.81. The maximum absolute atomic E-state index is 5.81. The maximum Gasteiger partial charge on any atom is 0.0518 e. The van der Waals surface area contributed by atoms with Crippen LogP contribution in [0.5, 0.6) is 0 Å². The van der Waals surface area contributed by atoms with E-state index in [9.17, 15) is 0 Å². The molecule has 1 saturated heterocycles. The minimum Gasteiger partial charge on any atom is -0.379 e. The molecular formula is C10H21NOS. The van der Waals surface area contributed by atoms with Crippen molar-refractivity contribution < 1.29 is 4.74 Å². The number of hydrogen-bond donors (Lipinski definition) is 1. The molecule has 0 aliphatic carbocycles. The van der Waals surface area contributed by atoms with E-state index in [1.165, 1.54) is 18.6 Å². The Labute approximate surface area is 85.6 Å². The van der Waals surface area contributed by atoms with Crippen LogP contribution in [0, 0.1) is 0 Å². The summed E-state index contributed by atoms with van der Waals surface area (Å²) in [4.78, 5) is 0. The van der Waals surface area contributed by atoms with Gasteiger partial charge in [-0.1, -0.05) is 0 Å². The highest BCUT2D eigenvalue weighted by Gasteiger charge is 2.32. The lowest BCUT2D eigenvalue weighted by Gasteiger charge is -2.26. The third kappa shape index (κ3) is 3.49. The average molecular weight is 203 g/mol. The summed E-state index contributed by atoms with van der Waals surface area (Å²) < 4.78 is 5.90. The van der Waals surface area contributed by atoms with Gasteiger partial charge in [0.1, 0.15) is 0 Å². The van der Waals surface area contributed by atoms with Crippen LogP contribution in [0.3, 0.4) is 0 Å². The van der Waals surface area contributed by atoms with E-state index in [0.717, 1.165) is 19.6 Å². The fourth-order valence-electron chi connectivity index (χ4n) is 1.70. The summed E-state index contributed by atoms with van der Waals surface area (Å²) in [6.45, 7) is 5.83. The number of thioether (sulfide) groups is 1. The molecule has 1 aliphatic rings. The van der Waals surface area contributed by atoms with Crippen molar-refractivity contribution in [2.24, 2.45) is 5.73 Å². The van der Waals surface area contributed by atoms with Crippen molar-refractivity contribution in [2.45, 2.75) is 44.0 Å². The highest BCUT2D eigenvalue weighted by Crippen LogP contribution is 2.39. The Morgan fingerprint density at radius 3 is 2.77 bits per heavy atom. The molecule has 0 aromatic rings. The number of hydrogen-bond acceptors (Lipinski definition) is 3. The minimum absolute atomic E-state index is 0.342. The average Bonchev–Trinajstić information content (AvgIpc) is 2.53. The van der Waals surface area contributed by atoms with Crippen molar-refractivity contribution in [3.8, 4) is 0 Å². The van der Waals surface area contributed by atoms with Crippen molar-refractivity contribution in [1.29, 1.82) is 0 Å². The molecular weight excluding hydrogens is 182 g/mol. The van der Waals surface area contributed by atoms with Crippen molar-refractivity contribution in [3.63, 3.8) is 0 Å². The fraction of sp³-hybridized carbons (Fsp3) is 1.00. The largest absolute Gasteiger partial charge is 0.379 e. The zero-order valence-electron chi connectivity index (χ0n) is 8.71. The van der Waals surface area contributed by atoms with Gasteiger partial charge < -0.3 is 10.5 Å². The van der Waals surface area contributed by atoms with Crippen LogP contribution in [0.25, 0.3) is 0 Å². The molecule has 0 saturated carbocycles. The third-order valence-corrected chi connectivity index (χ3v) is 4.25. The second kappa shape index (κ2) is 5.23. The summed E-state index contributed by atoms with van der Waals surface area (Å²) >= 11 is 2.04. The van der Waals surface area contributed by atoms with E-state index in [0.29, 0.717) is 10.9 Å². The second-order valence-electron chi connectivity index (χ2n) is 4.01. The summed E-state index contributed by atoms with van der Waals surface area (Å²) in [5.41, 5.74) is 5.81. The minimum atomic E-state index is 0.342. The van der Waals surface area contributed by atoms with Gasteiger partial charge in [0.25, 0.3) is 0 Å². The van der Waals surface area contributed by atoms with Gasteiger partial charge in [0.15, 0.2) is 0 Å². The van der Waals surface area contributed by atoms with E-state index >= 15 is 0 Å². The molecule has 2 nitrogen and oxygen atoms in total. The first kappa shape index (κ1) is 11.3. The third-order valence-electron chi connectivity index (χ3n) is 2.57. The van der Waals surface area contributed by atoms with Crippen molar-refractivity contribution in [2.75, 3.05) is 18.9 Å². The molecule has 2 N–H and O–H groups in total. The molecule has 0 spiro atoms. The molecule has 0 bridgehead atoms. The van der Waals surface area contributed by atoms with E-state index < -0.39 is 0 Å². The quantitative estimate of drug-likeness (QED) is 0.742. The normalized spacial score (nSPS) is 28.6. The zero-order chi connectivity index (χ0) is 9.73. The SMILES string of the molecule is CC(C)OCCC1(CN)CCCS1. The second-order valence-corrected chi connectivity index (χ2v) is 5.57. The lowest BCUT2D eigenvalue weighted by molar-refractivity contribution is 0.0716. The first-order valence-corrected chi connectivity index (χ1v) is 6.13. The van der Waals surface area contributed by atoms with E-state index in [1.807, 2.05) is 11.8 Å². The van der Waals surface area contributed by atoms with Gasteiger partial charge in [0, 0.05) is 17.9 Å². The van der Waals surface area contributed by atoms with Gasteiger partial charge >= 0.3 is 0 Å². The molecule has 78 valence electrons. The molecule has 0 aromatic heterocycles. The van der Waals surface area contributed by atoms with Crippen molar-refractivity contribution in [3.05, 3.63) is 0 Å². The van der Waals surface area contributed by atoms with Gasteiger partial charge in [-0.15, -0.1) is 0 Å². The standard InChI is InChI=1S/C10H21NOS/c1-9(2)12-6-5-10(8-11)4-3-7-13-10/h9H,3-8,11H2,1-2H3. The van der Waals surface area contributed by atoms with E-state index in [2.05, 4.69) is 13.8 Å². The molecule has 1 rings (SSSR count). The number of nitrogens with two attached hydrogens (primary N) is 1. The van der Waals surface area contributed by atoms with Crippen LogP contribution in [0.2, 0.25) is 0 Å². The lowest BCUT2D eigenvalue weighted by atomic mass is 10.00. The Kier molecular flexibility index (Phi) is 4.56. The summed E-state index contributed by atoms with van der Waals surface area (Å²) in [5, 5.41) is 0. The molecule has 1 aliphatic heterocycles. The molecule has 1 atom stereocenters. The molecule has 0 aromatic carbocycles. The molecule has 0 radical (unpaired) electrons. The van der Waals surface area contributed by atoms with Crippen LogP contribution in [0.4, 0.5) is 0 Å². The Morgan fingerprint density at radius 1 is 1.54 bits per heavy atom.